The normalized spacial score (nSPS) is 10.2. The number of benzene rings is 1. The number of carboxylic acid groups (broad SMARTS) is 1. The number of aromatic carboxylic acids is 1. The molecule has 21 heavy (non-hydrogen) atoms. The summed E-state index contributed by atoms with van der Waals surface area (Å²) < 4.78 is 13.6. The summed E-state index contributed by atoms with van der Waals surface area (Å²) in [6.07, 6.45) is 0. The van der Waals surface area contributed by atoms with Crippen LogP contribution in [0.25, 0.3) is 0 Å². The number of carbonyl (C=O) groups excluding carboxylic acids is 1. The molecule has 8 heteroatoms. The van der Waals surface area contributed by atoms with Gasteiger partial charge in [0.15, 0.2) is 5.69 Å². The van der Waals surface area contributed by atoms with E-state index in [1.165, 1.54) is 30.6 Å². The third-order valence-corrected chi connectivity index (χ3v) is 3.53. The highest BCUT2D eigenvalue weighted by atomic mass is 32.1. The summed E-state index contributed by atoms with van der Waals surface area (Å²) in [5.74, 6) is -1.62. The molecule has 6 nitrogen and oxygen atoms in total. The topological polar surface area (TPSA) is 82.5 Å². The van der Waals surface area contributed by atoms with E-state index >= 15 is 0 Å². The van der Waals surface area contributed by atoms with Gasteiger partial charge in [-0.15, -0.1) is 11.3 Å². The van der Waals surface area contributed by atoms with E-state index in [1.54, 1.807) is 6.07 Å². The number of carboxylic acids is 1. The van der Waals surface area contributed by atoms with Crippen molar-refractivity contribution in [1.29, 1.82) is 0 Å². The van der Waals surface area contributed by atoms with Crippen LogP contribution in [0.2, 0.25) is 0 Å². The number of anilines is 1. The van der Waals surface area contributed by atoms with Crippen LogP contribution in [0.3, 0.4) is 0 Å². The van der Waals surface area contributed by atoms with E-state index in [2.05, 4.69) is 10.3 Å². The smallest absolute Gasteiger partial charge is 0.355 e. The standard InChI is InChI=1S/C13H12FN3O3S/c1-17(10-5-3-2-4-8(10)14)13(20)15-6-11-16-9(7-21-11)12(18)19/h2-5,7H,6H2,1H3,(H,15,20)(H,18,19). The van der Waals surface area contributed by atoms with Crippen LogP contribution in [0.5, 0.6) is 0 Å². The minimum Gasteiger partial charge on any atom is -0.476 e. The molecule has 0 aliphatic rings. The van der Waals surface area contributed by atoms with Crippen LogP contribution in [-0.2, 0) is 6.54 Å². The third kappa shape index (κ3) is 3.54. The van der Waals surface area contributed by atoms with Gasteiger partial charge in [0.25, 0.3) is 0 Å². The molecule has 0 unspecified atom stereocenters. The number of carbonyl (C=O) groups is 2. The van der Waals surface area contributed by atoms with Gasteiger partial charge in [-0.25, -0.2) is 19.0 Å². The number of hydrogen-bond donors (Lipinski definition) is 2. The molecule has 2 amide bonds. The maximum Gasteiger partial charge on any atom is 0.355 e. The molecule has 1 aromatic heterocycles. The summed E-state index contributed by atoms with van der Waals surface area (Å²) in [5, 5.41) is 13.2. The predicted molar refractivity (Wildman–Crippen MR) is 76.1 cm³/mol. The van der Waals surface area contributed by atoms with Crippen molar-refractivity contribution in [3.8, 4) is 0 Å². The fraction of sp³-hybridized carbons (Fsp3) is 0.154. The zero-order chi connectivity index (χ0) is 15.4. The number of rotatable bonds is 4. The third-order valence-electron chi connectivity index (χ3n) is 2.68. The highest BCUT2D eigenvalue weighted by Gasteiger charge is 2.15. The molecule has 1 aromatic carbocycles. The Morgan fingerprint density at radius 1 is 1.43 bits per heavy atom. The highest BCUT2D eigenvalue weighted by Crippen LogP contribution is 2.17. The second kappa shape index (κ2) is 6.31. The van der Waals surface area contributed by atoms with E-state index in [1.807, 2.05) is 0 Å². The molecule has 0 radical (unpaired) electrons. The average molecular weight is 309 g/mol. The Kier molecular flexibility index (Phi) is 4.49. The number of halogens is 1. The minimum atomic E-state index is -1.12. The van der Waals surface area contributed by atoms with Gasteiger partial charge in [-0.2, -0.15) is 0 Å². The van der Waals surface area contributed by atoms with Crippen LogP contribution in [0.1, 0.15) is 15.5 Å². The van der Waals surface area contributed by atoms with Crippen LogP contribution in [0.4, 0.5) is 14.9 Å². The van der Waals surface area contributed by atoms with Crippen molar-refractivity contribution >= 4 is 29.0 Å². The van der Waals surface area contributed by atoms with Gasteiger partial charge >= 0.3 is 12.0 Å². The molecular weight excluding hydrogens is 297 g/mol. The Labute approximate surface area is 123 Å². The Bertz CT molecular complexity index is 674. The minimum absolute atomic E-state index is 0.0632. The summed E-state index contributed by atoms with van der Waals surface area (Å²) in [7, 11) is 1.44. The number of amides is 2. The van der Waals surface area contributed by atoms with Gasteiger partial charge < -0.3 is 10.4 Å². The first-order chi connectivity index (χ1) is 9.99. The lowest BCUT2D eigenvalue weighted by molar-refractivity contribution is 0.0691. The first-order valence-corrected chi connectivity index (χ1v) is 6.81. The SMILES string of the molecule is CN(C(=O)NCc1nc(C(=O)O)cs1)c1ccccc1F. The molecular formula is C13H12FN3O3S. The second-order valence-corrected chi connectivity index (χ2v) is 5.04. The lowest BCUT2D eigenvalue weighted by Gasteiger charge is -2.18. The van der Waals surface area contributed by atoms with Crippen molar-refractivity contribution in [2.24, 2.45) is 0 Å². The Hall–Kier alpha value is -2.48. The number of hydrogen-bond acceptors (Lipinski definition) is 4. The van der Waals surface area contributed by atoms with Crippen molar-refractivity contribution in [3.05, 3.63) is 46.2 Å². The van der Waals surface area contributed by atoms with Gasteiger partial charge in [-0.05, 0) is 12.1 Å². The molecule has 0 fully saturated rings. The first-order valence-electron chi connectivity index (χ1n) is 5.93. The van der Waals surface area contributed by atoms with Crippen LogP contribution >= 0.6 is 11.3 Å². The number of urea groups is 1. The monoisotopic (exact) mass is 309 g/mol. The van der Waals surface area contributed by atoms with Crippen molar-refractivity contribution < 1.29 is 19.1 Å². The molecule has 0 saturated heterocycles. The van der Waals surface area contributed by atoms with Gasteiger partial charge in [-0.1, -0.05) is 12.1 Å². The van der Waals surface area contributed by atoms with E-state index in [9.17, 15) is 14.0 Å². The molecule has 2 rings (SSSR count). The van der Waals surface area contributed by atoms with Gasteiger partial charge in [0.1, 0.15) is 10.8 Å². The van der Waals surface area contributed by atoms with Crippen molar-refractivity contribution in [1.82, 2.24) is 10.3 Å². The Morgan fingerprint density at radius 3 is 2.76 bits per heavy atom. The molecule has 0 saturated carbocycles. The lowest BCUT2D eigenvalue weighted by atomic mass is 10.3. The number of thiazole rings is 1. The summed E-state index contributed by atoms with van der Waals surface area (Å²) in [6.45, 7) is 0.0789. The maximum absolute atomic E-state index is 13.6. The number of aromatic nitrogens is 1. The summed E-state index contributed by atoms with van der Waals surface area (Å²) in [5.41, 5.74) is 0.0899. The summed E-state index contributed by atoms with van der Waals surface area (Å²) >= 11 is 1.13. The van der Waals surface area contributed by atoms with Crippen molar-refractivity contribution in [2.45, 2.75) is 6.54 Å². The van der Waals surface area contributed by atoms with E-state index in [4.69, 9.17) is 5.11 Å². The highest BCUT2D eigenvalue weighted by molar-refractivity contribution is 7.09. The van der Waals surface area contributed by atoms with E-state index in [0.29, 0.717) is 5.01 Å². The van der Waals surface area contributed by atoms with E-state index in [-0.39, 0.29) is 17.9 Å². The maximum atomic E-state index is 13.6. The molecule has 1 heterocycles. The largest absolute Gasteiger partial charge is 0.476 e. The van der Waals surface area contributed by atoms with Crippen LogP contribution in [-0.4, -0.2) is 29.1 Å². The quantitative estimate of drug-likeness (QED) is 0.908. The van der Waals surface area contributed by atoms with Crippen molar-refractivity contribution in [3.63, 3.8) is 0 Å². The summed E-state index contributed by atoms with van der Waals surface area (Å²) in [4.78, 5) is 27.6. The molecule has 0 aliphatic carbocycles. The fourth-order valence-corrected chi connectivity index (χ4v) is 2.30. The van der Waals surface area contributed by atoms with Crippen molar-refractivity contribution in [2.75, 3.05) is 11.9 Å². The number of nitrogens with one attached hydrogen (secondary N) is 1. The van der Waals surface area contributed by atoms with Crippen LogP contribution < -0.4 is 10.2 Å². The molecule has 2 aromatic rings. The zero-order valence-electron chi connectivity index (χ0n) is 11.0. The van der Waals surface area contributed by atoms with Gasteiger partial charge in [0.2, 0.25) is 0 Å². The lowest BCUT2D eigenvalue weighted by Crippen LogP contribution is -2.37. The predicted octanol–water partition coefficient (Wildman–Crippen LogP) is 2.33. The molecule has 110 valence electrons. The fourth-order valence-electron chi connectivity index (χ4n) is 1.59. The molecule has 0 spiro atoms. The Morgan fingerprint density at radius 2 is 2.14 bits per heavy atom. The number of para-hydroxylation sites is 1. The molecule has 2 N–H and O–H groups in total. The zero-order valence-corrected chi connectivity index (χ0v) is 11.9. The van der Waals surface area contributed by atoms with Gasteiger partial charge in [0, 0.05) is 12.4 Å². The first kappa shape index (κ1) is 14.9. The van der Waals surface area contributed by atoms with Gasteiger partial charge in [0.05, 0.1) is 12.2 Å². The van der Waals surface area contributed by atoms with E-state index in [0.717, 1.165) is 16.2 Å². The molecule has 0 atom stereocenters. The molecule has 0 bridgehead atoms. The molecule has 0 aliphatic heterocycles. The number of nitrogens with zero attached hydrogens (tertiary/aromatic N) is 2. The Balaban J connectivity index is 1.98. The average Bonchev–Trinajstić information content (AvgIpc) is 2.93. The van der Waals surface area contributed by atoms with E-state index < -0.39 is 17.8 Å². The summed E-state index contributed by atoms with van der Waals surface area (Å²) in [6, 6.07) is 5.41. The van der Waals surface area contributed by atoms with Crippen LogP contribution in [0.15, 0.2) is 29.6 Å². The van der Waals surface area contributed by atoms with Crippen LogP contribution in [0, 0.1) is 5.82 Å². The second-order valence-electron chi connectivity index (χ2n) is 4.10. The van der Waals surface area contributed by atoms with Gasteiger partial charge in [-0.3, -0.25) is 4.90 Å².